The van der Waals surface area contributed by atoms with Crippen molar-refractivity contribution in [1.29, 1.82) is 0 Å². The lowest BCUT2D eigenvalue weighted by molar-refractivity contribution is -0.685. The summed E-state index contributed by atoms with van der Waals surface area (Å²) in [5, 5.41) is 12.3. The maximum atomic E-state index is 10.4. The van der Waals surface area contributed by atoms with Gasteiger partial charge in [0.25, 0.3) is 0 Å². The molecule has 2 aromatic heterocycles. The van der Waals surface area contributed by atoms with Crippen LogP contribution in [0.3, 0.4) is 0 Å². The maximum Gasteiger partial charge on any atom is 0.370 e. The molecule has 2 rings (SSSR count). The van der Waals surface area contributed by atoms with E-state index < -0.39 is 5.97 Å². The first-order valence-electron chi connectivity index (χ1n) is 4.24. The highest BCUT2D eigenvalue weighted by molar-refractivity contribution is 7.09. The van der Waals surface area contributed by atoms with Crippen molar-refractivity contribution in [2.24, 2.45) is 0 Å². The van der Waals surface area contributed by atoms with Gasteiger partial charge in [-0.1, -0.05) is 4.49 Å². The Kier molecular flexibility index (Phi) is 4.33. The van der Waals surface area contributed by atoms with Gasteiger partial charge in [-0.25, -0.2) is 4.79 Å². The van der Waals surface area contributed by atoms with Crippen LogP contribution in [0.15, 0.2) is 30.7 Å². The van der Waals surface area contributed by atoms with Crippen LogP contribution in [-0.4, -0.2) is 20.7 Å². The minimum atomic E-state index is -0.854. The molecule has 0 saturated heterocycles. The monoisotopic (exact) mass is 257 g/mol. The number of halogens is 1. The molecule has 0 radical (unpaired) electrons. The number of hydrogen-bond donors (Lipinski definition) is 1. The van der Waals surface area contributed by atoms with E-state index in [1.807, 2.05) is 12.1 Å². The zero-order valence-electron chi connectivity index (χ0n) is 8.08. The Morgan fingerprint density at radius 2 is 2.12 bits per heavy atom. The quantitative estimate of drug-likeness (QED) is 0.622. The van der Waals surface area contributed by atoms with Crippen molar-refractivity contribution in [2.45, 2.75) is 6.54 Å². The average Bonchev–Trinajstić information content (AvgIpc) is 2.71. The SMILES string of the molecule is O=C(O)C[n+]1ccc(-c2cnns2)cc1.[Cl-]. The molecule has 2 heterocycles. The van der Waals surface area contributed by atoms with Gasteiger partial charge in [0.15, 0.2) is 12.4 Å². The highest BCUT2D eigenvalue weighted by atomic mass is 35.5. The minimum Gasteiger partial charge on any atom is -1.00 e. The summed E-state index contributed by atoms with van der Waals surface area (Å²) in [4.78, 5) is 11.4. The van der Waals surface area contributed by atoms with Gasteiger partial charge < -0.3 is 17.5 Å². The van der Waals surface area contributed by atoms with E-state index in [2.05, 4.69) is 9.59 Å². The largest absolute Gasteiger partial charge is 1.00 e. The van der Waals surface area contributed by atoms with E-state index in [1.54, 1.807) is 23.2 Å². The summed E-state index contributed by atoms with van der Waals surface area (Å²) in [5.41, 5.74) is 0.992. The summed E-state index contributed by atoms with van der Waals surface area (Å²) >= 11 is 1.31. The second kappa shape index (κ2) is 5.53. The van der Waals surface area contributed by atoms with E-state index in [0.29, 0.717) is 0 Å². The summed E-state index contributed by atoms with van der Waals surface area (Å²) < 4.78 is 5.36. The van der Waals surface area contributed by atoms with Crippen LogP contribution >= 0.6 is 11.5 Å². The molecule has 7 heteroatoms. The topological polar surface area (TPSA) is 67.0 Å². The molecule has 0 bridgehead atoms. The highest BCUT2D eigenvalue weighted by Gasteiger charge is 2.07. The molecule has 0 unspecified atom stereocenters. The van der Waals surface area contributed by atoms with Gasteiger partial charge in [0.2, 0.25) is 6.54 Å². The van der Waals surface area contributed by atoms with Crippen LogP contribution < -0.4 is 17.0 Å². The van der Waals surface area contributed by atoms with Gasteiger partial charge in [-0.15, -0.1) is 5.10 Å². The van der Waals surface area contributed by atoms with Gasteiger partial charge in [-0.2, -0.15) is 4.57 Å². The van der Waals surface area contributed by atoms with E-state index in [1.165, 1.54) is 11.5 Å². The third kappa shape index (κ3) is 2.98. The number of pyridine rings is 1. The molecule has 0 aromatic carbocycles. The molecule has 5 nitrogen and oxygen atoms in total. The van der Waals surface area contributed by atoms with Crippen molar-refractivity contribution in [2.75, 3.05) is 0 Å². The molecule has 0 aliphatic rings. The van der Waals surface area contributed by atoms with Gasteiger partial charge >= 0.3 is 5.97 Å². The first-order chi connectivity index (χ1) is 7.25. The number of carboxylic acid groups (broad SMARTS) is 1. The van der Waals surface area contributed by atoms with Crippen LogP contribution in [0.2, 0.25) is 0 Å². The fraction of sp³-hybridized carbons (Fsp3) is 0.111. The number of carbonyl (C=O) groups is 1. The third-order valence-corrected chi connectivity index (χ3v) is 2.57. The predicted octanol–water partition coefficient (Wildman–Crippen LogP) is -2.42. The lowest BCUT2D eigenvalue weighted by Crippen LogP contribution is -3.00. The van der Waals surface area contributed by atoms with Crippen molar-refractivity contribution in [3.63, 3.8) is 0 Å². The second-order valence-corrected chi connectivity index (χ2v) is 3.72. The second-order valence-electron chi connectivity index (χ2n) is 2.93. The summed E-state index contributed by atoms with van der Waals surface area (Å²) in [6.07, 6.45) is 5.13. The predicted molar refractivity (Wildman–Crippen MR) is 53.2 cm³/mol. The summed E-state index contributed by atoms with van der Waals surface area (Å²) in [5.74, 6) is -0.854. The van der Waals surface area contributed by atoms with E-state index in [9.17, 15) is 4.79 Å². The van der Waals surface area contributed by atoms with Crippen LogP contribution in [0.25, 0.3) is 10.4 Å². The van der Waals surface area contributed by atoms with E-state index in [-0.39, 0.29) is 19.0 Å². The number of rotatable bonds is 3. The molecule has 1 N–H and O–H groups in total. The lowest BCUT2D eigenvalue weighted by atomic mass is 10.2. The Morgan fingerprint density at radius 3 is 2.62 bits per heavy atom. The number of nitrogens with zero attached hydrogens (tertiary/aromatic N) is 3. The average molecular weight is 258 g/mol. The summed E-state index contributed by atoms with van der Waals surface area (Å²) in [6, 6.07) is 3.69. The fourth-order valence-electron chi connectivity index (χ4n) is 1.18. The Labute approximate surface area is 102 Å². The van der Waals surface area contributed by atoms with Crippen LogP contribution in [0, 0.1) is 0 Å². The van der Waals surface area contributed by atoms with Crippen molar-refractivity contribution in [3.8, 4) is 10.4 Å². The zero-order valence-corrected chi connectivity index (χ0v) is 9.65. The van der Waals surface area contributed by atoms with Crippen molar-refractivity contribution < 1.29 is 26.9 Å². The normalized spacial score (nSPS) is 9.50. The number of aromatic nitrogens is 3. The molecule has 0 aliphatic heterocycles. The standard InChI is InChI=1S/C9H7N3O2S.ClH/c13-9(14)6-12-3-1-7(2-4-12)8-5-10-11-15-8;/h1-5H,6H2;1H. The molecular formula is C9H8ClN3O2S. The van der Waals surface area contributed by atoms with Gasteiger partial charge in [0.05, 0.1) is 11.1 Å². The van der Waals surface area contributed by atoms with Crippen molar-refractivity contribution in [3.05, 3.63) is 30.7 Å². The lowest BCUT2D eigenvalue weighted by Gasteiger charge is -1.94. The first kappa shape index (κ1) is 12.5. The molecule has 0 aliphatic carbocycles. The molecular weight excluding hydrogens is 250 g/mol. The van der Waals surface area contributed by atoms with Crippen molar-refractivity contribution >= 4 is 17.5 Å². The fourth-order valence-corrected chi connectivity index (χ4v) is 1.70. The zero-order chi connectivity index (χ0) is 10.7. The van der Waals surface area contributed by atoms with Gasteiger partial charge in [0.1, 0.15) is 0 Å². The van der Waals surface area contributed by atoms with Crippen molar-refractivity contribution in [1.82, 2.24) is 9.59 Å². The van der Waals surface area contributed by atoms with Crippen LogP contribution in [-0.2, 0) is 11.3 Å². The maximum absolute atomic E-state index is 10.4. The molecule has 0 saturated carbocycles. The number of aliphatic carboxylic acids is 1. The molecule has 0 amide bonds. The van der Waals surface area contributed by atoms with Gasteiger partial charge in [-0.05, 0) is 11.5 Å². The smallest absolute Gasteiger partial charge is 0.370 e. The molecule has 84 valence electrons. The van der Waals surface area contributed by atoms with Crippen LogP contribution in [0.4, 0.5) is 0 Å². The van der Waals surface area contributed by atoms with E-state index >= 15 is 0 Å². The number of hydrogen-bond acceptors (Lipinski definition) is 4. The summed E-state index contributed by atoms with van der Waals surface area (Å²) in [7, 11) is 0. The molecule has 0 atom stereocenters. The molecule has 2 aromatic rings. The van der Waals surface area contributed by atoms with E-state index in [4.69, 9.17) is 5.11 Å². The third-order valence-electron chi connectivity index (χ3n) is 1.85. The van der Waals surface area contributed by atoms with Gasteiger partial charge in [-0.3, -0.25) is 0 Å². The van der Waals surface area contributed by atoms with Crippen LogP contribution in [0.5, 0.6) is 0 Å². The minimum absolute atomic E-state index is 0. The van der Waals surface area contributed by atoms with E-state index in [0.717, 1.165) is 10.4 Å². The highest BCUT2D eigenvalue weighted by Crippen LogP contribution is 2.19. The Morgan fingerprint density at radius 1 is 1.44 bits per heavy atom. The Bertz CT molecular complexity index is 458. The number of carboxylic acids is 1. The Balaban J connectivity index is 0.00000128. The molecule has 16 heavy (non-hydrogen) atoms. The molecule has 0 spiro atoms. The van der Waals surface area contributed by atoms with Crippen LogP contribution in [0.1, 0.15) is 0 Å². The van der Waals surface area contributed by atoms with Gasteiger partial charge in [0, 0.05) is 17.7 Å². The summed E-state index contributed by atoms with van der Waals surface area (Å²) in [6.45, 7) is -0.0266. The molecule has 0 fully saturated rings. The first-order valence-corrected chi connectivity index (χ1v) is 5.01. The Hall–Kier alpha value is -1.53.